The van der Waals surface area contributed by atoms with E-state index < -0.39 is 6.29 Å². The van der Waals surface area contributed by atoms with Crippen LogP contribution in [0.2, 0.25) is 0 Å². The number of hydrogen-bond acceptors (Lipinski definition) is 3. The van der Waals surface area contributed by atoms with Gasteiger partial charge in [0.25, 0.3) is 0 Å². The van der Waals surface area contributed by atoms with E-state index in [1.54, 1.807) is 0 Å². The average molecular weight is 567 g/mol. The Hall–Kier alpha value is -2.33. The third-order valence-electron chi connectivity index (χ3n) is 8.16. The van der Waals surface area contributed by atoms with E-state index in [1.807, 2.05) is 18.2 Å². The topological polar surface area (TPSA) is 35.5 Å². The smallest absolute Gasteiger partial charge is 0.368 e. The Morgan fingerprint density at radius 3 is 1.85 bits per heavy atom. The molecule has 0 aliphatic rings. The largest absolute Gasteiger partial charge is 0.454 e. The monoisotopic (exact) mass is 566 g/mol. The number of aryl methyl sites for hydroxylation is 1. The van der Waals surface area contributed by atoms with Crippen LogP contribution in [0.5, 0.6) is 5.75 Å². The fourth-order valence-electron chi connectivity index (χ4n) is 5.72. The molecule has 0 fully saturated rings. The van der Waals surface area contributed by atoms with Crippen molar-refractivity contribution < 1.29 is 18.8 Å². The lowest BCUT2D eigenvalue weighted by molar-refractivity contribution is -0.920. The van der Waals surface area contributed by atoms with Crippen molar-refractivity contribution in [1.29, 1.82) is 0 Å². The molecule has 0 saturated heterocycles. The van der Waals surface area contributed by atoms with Gasteiger partial charge in [0.15, 0.2) is 6.04 Å². The quantitative estimate of drug-likeness (QED) is 0.0581. The highest BCUT2D eigenvalue weighted by atomic mass is 16.7. The van der Waals surface area contributed by atoms with Crippen LogP contribution in [-0.2, 0) is 22.5 Å². The summed E-state index contributed by atoms with van der Waals surface area (Å²) in [6.07, 6.45) is 18.5. The number of likely N-dealkylation sites (N-methyl/N-ethyl adjacent to an activating group) is 1. The minimum Gasteiger partial charge on any atom is -0.454 e. The minimum absolute atomic E-state index is 0.158. The van der Waals surface area contributed by atoms with E-state index >= 15 is 0 Å². The highest BCUT2D eigenvalue weighted by Crippen LogP contribution is 2.25. The number of carbonyl (C=O) groups is 1. The van der Waals surface area contributed by atoms with Crippen LogP contribution < -0.4 is 4.74 Å². The summed E-state index contributed by atoms with van der Waals surface area (Å²) in [5.41, 5.74) is 2.44. The molecule has 0 heterocycles. The molecule has 2 rings (SSSR count). The molecule has 0 aliphatic carbocycles. The SMILES string of the molecule is CCCCCCCCCCCCCc1ccccc1OC(CCC)OC(=O)C(CCC)[N+](C)(C)Cc1ccccc1. The van der Waals surface area contributed by atoms with Gasteiger partial charge in [-0.2, -0.15) is 0 Å². The molecule has 41 heavy (non-hydrogen) atoms. The van der Waals surface area contributed by atoms with Gasteiger partial charge in [0.1, 0.15) is 12.3 Å². The van der Waals surface area contributed by atoms with E-state index in [4.69, 9.17) is 9.47 Å². The molecule has 230 valence electrons. The number of hydrogen-bond donors (Lipinski definition) is 0. The summed E-state index contributed by atoms with van der Waals surface area (Å²) in [4.78, 5) is 13.6. The summed E-state index contributed by atoms with van der Waals surface area (Å²) >= 11 is 0. The van der Waals surface area contributed by atoms with Crippen LogP contribution in [0.15, 0.2) is 54.6 Å². The lowest BCUT2D eigenvalue weighted by Gasteiger charge is -2.37. The van der Waals surface area contributed by atoms with Crippen LogP contribution in [0.4, 0.5) is 0 Å². The second kappa shape index (κ2) is 20.5. The zero-order valence-electron chi connectivity index (χ0n) is 27.0. The van der Waals surface area contributed by atoms with Gasteiger partial charge in [0.2, 0.25) is 6.29 Å². The molecule has 0 amide bonds. The molecule has 0 saturated carbocycles. The Morgan fingerprint density at radius 2 is 1.24 bits per heavy atom. The van der Waals surface area contributed by atoms with Gasteiger partial charge in [-0.25, -0.2) is 4.79 Å². The number of unbranched alkanes of at least 4 members (excludes halogenated alkanes) is 10. The zero-order chi connectivity index (χ0) is 29.8. The van der Waals surface area contributed by atoms with Gasteiger partial charge in [0.05, 0.1) is 14.1 Å². The molecule has 0 bridgehead atoms. The van der Waals surface area contributed by atoms with E-state index in [0.29, 0.717) is 10.9 Å². The minimum atomic E-state index is -0.568. The maximum absolute atomic E-state index is 13.6. The molecule has 2 unspecified atom stereocenters. The highest BCUT2D eigenvalue weighted by Gasteiger charge is 2.37. The number of para-hydroxylation sites is 1. The first-order valence-electron chi connectivity index (χ1n) is 16.7. The zero-order valence-corrected chi connectivity index (χ0v) is 27.0. The first-order valence-corrected chi connectivity index (χ1v) is 16.7. The molecule has 0 radical (unpaired) electrons. The summed E-state index contributed by atoms with van der Waals surface area (Å²) in [7, 11) is 4.26. The standard InChI is InChI=1S/C37H60NO3/c1-6-9-10-11-12-13-14-15-16-17-21-28-33-29-22-23-30-35(33)40-36(25-8-3)41-37(39)34(24-7-2)38(4,5)31-32-26-19-18-20-27-32/h18-20,22-23,26-27,29-30,34,36H,6-17,21,24-25,28,31H2,1-5H3/q+1. The molecule has 2 atom stereocenters. The third kappa shape index (κ3) is 13.9. The molecule has 2 aromatic carbocycles. The first-order chi connectivity index (χ1) is 19.9. The Bertz CT molecular complexity index is 942. The fourth-order valence-corrected chi connectivity index (χ4v) is 5.72. The number of nitrogens with zero attached hydrogens (tertiary/aromatic N) is 1. The van der Waals surface area contributed by atoms with Gasteiger partial charge in [0, 0.05) is 18.4 Å². The maximum atomic E-state index is 13.6. The van der Waals surface area contributed by atoms with E-state index in [2.05, 4.69) is 71.3 Å². The number of benzene rings is 2. The van der Waals surface area contributed by atoms with Crippen molar-refractivity contribution in [2.24, 2.45) is 0 Å². The molecule has 0 aromatic heterocycles. The molecule has 0 aliphatic heterocycles. The van der Waals surface area contributed by atoms with Crippen LogP contribution >= 0.6 is 0 Å². The summed E-state index contributed by atoms with van der Waals surface area (Å²) in [5.74, 6) is 0.699. The van der Waals surface area contributed by atoms with Crippen molar-refractivity contribution in [3.63, 3.8) is 0 Å². The Labute approximate surface area is 252 Å². The van der Waals surface area contributed by atoms with E-state index in [-0.39, 0.29) is 12.0 Å². The van der Waals surface area contributed by atoms with Crippen LogP contribution in [0.1, 0.15) is 128 Å². The van der Waals surface area contributed by atoms with E-state index in [1.165, 1.54) is 81.8 Å². The predicted molar refractivity (Wildman–Crippen MR) is 173 cm³/mol. The van der Waals surface area contributed by atoms with Gasteiger partial charge in [-0.3, -0.25) is 0 Å². The molecule has 4 heteroatoms. The number of carbonyl (C=O) groups excluding carboxylic acids is 1. The van der Waals surface area contributed by atoms with Crippen molar-refractivity contribution in [2.45, 2.75) is 142 Å². The maximum Gasteiger partial charge on any atom is 0.368 e. The molecular formula is C37H60NO3+. The first kappa shape index (κ1) is 34.9. The fraction of sp³-hybridized carbons (Fsp3) is 0.649. The summed E-state index contributed by atoms with van der Waals surface area (Å²) in [6, 6.07) is 18.5. The molecule has 0 spiro atoms. The lowest BCUT2D eigenvalue weighted by Crippen LogP contribution is -2.53. The lowest BCUT2D eigenvalue weighted by atomic mass is 10.0. The summed E-state index contributed by atoms with van der Waals surface area (Å²) < 4.78 is 13.1. The molecule has 4 nitrogen and oxygen atoms in total. The average Bonchev–Trinajstić information content (AvgIpc) is 2.95. The van der Waals surface area contributed by atoms with Gasteiger partial charge < -0.3 is 14.0 Å². The Balaban J connectivity index is 1.89. The summed E-state index contributed by atoms with van der Waals surface area (Å²) in [6.45, 7) is 7.30. The summed E-state index contributed by atoms with van der Waals surface area (Å²) in [5, 5.41) is 0. The van der Waals surface area contributed by atoms with Gasteiger partial charge in [-0.05, 0) is 37.3 Å². The predicted octanol–water partition coefficient (Wildman–Crippen LogP) is 10.0. The number of quaternary nitrogens is 1. The number of esters is 1. The second-order valence-electron chi connectivity index (χ2n) is 12.4. The van der Waals surface area contributed by atoms with Crippen LogP contribution in [0.3, 0.4) is 0 Å². The van der Waals surface area contributed by atoms with Crippen LogP contribution in [0, 0.1) is 0 Å². The van der Waals surface area contributed by atoms with Crippen molar-refractivity contribution in [1.82, 2.24) is 0 Å². The molecular weight excluding hydrogens is 506 g/mol. The van der Waals surface area contributed by atoms with E-state index in [9.17, 15) is 4.79 Å². The van der Waals surface area contributed by atoms with Gasteiger partial charge in [-0.1, -0.05) is 134 Å². The normalized spacial score (nSPS) is 13.1. The Kier molecular flexibility index (Phi) is 17.5. The van der Waals surface area contributed by atoms with Crippen molar-refractivity contribution in [2.75, 3.05) is 14.1 Å². The number of ether oxygens (including phenoxy) is 2. The van der Waals surface area contributed by atoms with Crippen molar-refractivity contribution in [3.8, 4) is 5.75 Å². The van der Waals surface area contributed by atoms with Crippen molar-refractivity contribution in [3.05, 3.63) is 65.7 Å². The molecule has 2 aromatic rings. The Morgan fingerprint density at radius 1 is 0.683 bits per heavy atom. The molecule has 0 N–H and O–H groups in total. The number of rotatable bonds is 23. The van der Waals surface area contributed by atoms with Gasteiger partial charge in [-0.15, -0.1) is 0 Å². The second-order valence-corrected chi connectivity index (χ2v) is 12.4. The van der Waals surface area contributed by atoms with Crippen LogP contribution in [-0.4, -0.2) is 36.9 Å². The van der Waals surface area contributed by atoms with E-state index in [0.717, 1.165) is 38.0 Å². The third-order valence-corrected chi connectivity index (χ3v) is 8.16. The highest BCUT2D eigenvalue weighted by molar-refractivity contribution is 5.74. The van der Waals surface area contributed by atoms with Crippen LogP contribution in [0.25, 0.3) is 0 Å². The van der Waals surface area contributed by atoms with Gasteiger partial charge >= 0.3 is 5.97 Å². The van der Waals surface area contributed by atoms with Crippen molar-refractivity contribution >= 4 is 5.97 Å².